The summed E-state index contributed by atoms with van der Waals surface area (Å²) in [7, 11) is 1.71. The van der Waals surface area contributed by atoms with E-state index in [1.807, 2.05) is 24.5 Å². The van der Waals surface area contributed by atoms with Crippen LogP contribution in [0.5, 0.6) is 0 Å². The molecule has 3 rings (SSSR count). The Balaban J connectivity index is 1.59. The van der Waals surface area contributed by atoms with Crippen LogP contribution in [-0.2, 0) is 17.8 Å². The van der Waals surface area contributed by atoms with Crippen molar-refractivity contribution in [3.8, 4) is 0 Å². The summed E-state index contributed by atoms with van der Waals surface area (Å²) in [6, 6.07) is 6.91. The summed E-state index contributed by atoms with van der Waals surface area (Å²) in [4.78, 5) is 6.87. The summed E-state index contributed by atoms with van der Waals surface area (Å²) in [6.45, 7) is 4.44. The Labute approximate surface area is 130 Å². The lowest BCUT2D eigenvalue weighted by molar-refractivity contribution is 0.184. The highest BCUT2D eigenvalue weighted by molar-refractivity contribution is 5.22. The molecule has 1 atom stereocenters. The van der Waals surface area contributed by atoms with Gasteiger partial charge >= 0.3 is 0 Å². The van der Waals surface area contributed by atoms with E-state index < -0.39 is 0 Å². The molecule has 1 aliphatic rings. The first-order valence-corrected chi connectivity index (χ1v) is 7.73. The number of methoxy groups -OCH3 is 1. The van der Waals surface area contributed by atoms with Gasteiger partial charge in [0.1, 0.15) is 11.6 Å². The van der Waals surface area contributed by atoms with Crippen LogP contribution in [0.4, 0.5) is 4.39 Å². The van der Waals surface area contributed by atoms with E-state index in [0.717, 1.165) is 38.4 Å². The zero-order chi connectivity index (χ0) is 15.4. The molecule has 0 bridgehead atoms. The number of ether oxygens (including phenoxy) is 1. The van der Waals surface area contributed by atoms with E-state index in [0.29, 0.717) is 12.5 Å². The molecule has 1 aliphatic heterocycles. The Morgan fingerprint density at radius 3 is 2.91 bits per heavy atom. The minimum absolute atomic E-state index is 0.168. The Bertz CT molecular complexity index is 596. The summed E-state index contributed by atoms with van der Waals surface area (Å²) in [5.41, 5.74) is 1.23. The maximum Gasteiger partial charge on any atom is 0.123 e. The lowest BCUT2D eigenvalue weighted by Gasteiger charge is -2.17. The molecule has 1 aromatic carbocycles. The SMILES string of the molecule is COCCn1ccnc1CN1CC[C@H](c2ccc(F)cc2)C1. The first-order valence-electron chi connectivity index (χ1n) is 7.73. The highest BCUT2D eigenvalue weighted by Crippen LogP contribution is 2.28. The summed E-state index contributed by atoms with van der Waals surface area (Å²) < 4.78 is 20.3. The van der Waals surface area contributed by atoms with Gasteiger partial charge in [-0.2, -0.15) is 0 Å². The Hall–Kier alpha value is -1.72. The number of nitrogens with zero attached hydrogens (tertiary/aromatic N) is 3. The third kappa shape index (κ3) is 3.54. The standard InChI is InChI=1S/C17H22FN3O/c1-22-11-10-21-9-7-19-17(21)13-20-8-6-15(12-20)14-2-4-16(18)5-3-14/h2-5,7,9,15H,6,8,10-13H2,1H3/t15-/m0/s1. The number of hydrogen-bond acceptors (Lipinski definition) is 3. The van der Waals surface area contributed by atoms with Crippen LogP contribution in [0.2, 0.25) is 0 Å². The quantitative estimate of drug-likeness (QED) is 0.822. The number of halogens is 1. The highest BCUT2D eigenvalue weighted by atomic mass is 19.1. The van der Waals surface area contributed by atoms with Crippen molar-refractivity contribution in [2.45, 2.75) is 25.4 Å². The van der Waals surface area contributed by atoms with Gasteiger partial charge in [0.25, 0.3) is 0 Å². The molecule has 5 heteroatoms. The van der Waals surface area contributed by atoms with Crippen molar-refractivity contribution in [1.29, 1.82) is 0 Å². The smallest absolute Gasteiger partial charge is 0.123 e. The van der Waals surface area contributed by atoms with Gasteiger partial charge in [0.2, 0.25) is 0 Å². The third-order valence-electron chi connectivity index (χ3n) is 4.32. The third-order valence-corrected chi connectivity index (χ3v) is 4.32. The summed E-state index contributed by atoms with van der Waals surface area (Å²) in [5, 5.41) is 0. The molecule has 22 heavy (non-hydrogen) atoms. The summed E-state index contributed by atoms with van der Waals surface area (Å²) in [5.74, 6) is 1.40. The van der Waals surface area contributed by atoms with Crippen LogP contribution in [0.25, 0.3) is 0 Å². The molecule has 1 saturated heterocycles. The Morgan fingerprint density at radius 2 is 2.14 bits per heavy atom. The minimum Gasteiger partial charge on any atom is -0.383 e. The van der Waals surface area contributed by atoms with Gasteiger partial charge < -0.3 is 9.30 Å². The number of rotatable bonds is 6. The fourth-order valence-electron chi connectivity index (χ4n) is 3.07. The van der Waals surface area contributed by atoms with Gasteiger partial charge in [-0.1, -0.05) is 12.1 Å². The van der Waals surface area contributed by atoms with Gasteiger partial charge in [-0.25, -0.2) is 9.37 Å². The van der Waals surface area contributed by atoms with Crippen LogP contribution in [0.3, 0.4) is 0 Å². The summed E-state index contributed by atoms with van der Waals surface area (Å²) in [6.07, 6.45) is 4.96. The van der Waals surface area contributed by atoms with Crippen molar-refractivity contribution in [3.63, 3.8) is 0 Å². The van der Waals surface area contributed by atoms with Gasteiger partial charge in [-0.3, -0.25) is 4.90 Å². The summed E-state index contributed by atoms with van der Waals surface area (Å²) >= 11 is 0. The van der Waals surface area contributed by atoms with Gasteiger partial charge in [-0.15, -0.1) is 0 Å². The Kier molecular flexibility index (Phi) is 4.85. The molecule has 118 valence electrons. The second kappa shape index (κ2) is 7.03. The van der Waals surface area contributed by atoms with Crippen LogP contribution in [0.1, 0.15) is 23.7 Å². The van der Waals surface area contributed by atoms with E-state index in [-0.39, 0.29) is 5.82 Å². The first-order chi connectivity index (χ1) is 10.8. The van der Waals surface area contributed by atoms with E-state index in [1.54, 1.807) is 19.2 Å². The molecule has 1 fully saturated rings. The van der Waals surface area contributed by atoms with Crippen molar-refractivity contribution in [2.24, 2.45) is 0 Å². The second-order valence-corrected chi connectivity index (χ2v) is 5.80. The Morgan fingerprint density at radius 1 is 1.32 bits per heavy atom. The van der Waals surface area contributed by atoms with E-state index >= 15 is 0 Å². The molecule has 0 spiro atoms. The number of aromatic nitrogens is 2. The molecule has 0 radical (unpaired) electrons. The number of benzene rings is 1. The fourth-order valence-corrected chi connectivity index (χ4v) is 3.07. The van der Waals surface area contributed by atoms with Gasteiger partial charge in [-0.05, 0) is 36.6 Å². The van der Waals surface area contributed by atoms with Crippen LogP contribution in [-0.4, -0.2) is 41.3 Å². The average molecular weight is 303 g/mol. The molecule has 2 aromatic rings. The van der Waals surface area contributed by atoms with Crippen LogP contribution in [0, 0.1) is 5.82 Å². The fraction of sp³-hybridized carbons (Fsp3) is 0.471. The van der Waals surface area contributed by atoms with Gasteiger partial charge in [0.15, 0.2) is 0 Å². The lowest BCUT2D eigenvalue weighted by atomic mass is 9.99. The lowest BCUT2D eigenvalue weighted by Crippen LogP contribution is -2.22. The molecule has 0 unspecified atom stereocenters. The van der Waals surface area contributed by atoms with Crippen molar-refractivity contribution in [1.82, 2.24) is 14.5 Å². The molecule has 2 heterocycles. The maximum absolute atomic E-state index is 13.0. The predicted octanol–water partition coefficient (Wildman–Crippen LogP) is 2.66. The molecular weight excluding hydrogens is 281 g/mol. The van der Waals surface area contributed by atoms with E-state index in [2.05, 4.69) is 14.5 Å². The van der Waals surface area contributed by atoms with Crippen LogP contribution >= 0.6 is 0 Å². The molecule has 0 aliphatic carbocycles. The van der Waals surface area contributed by atoms with E-state index in [9.17, 15) is 4.39 Å². The van der Waals surface area contributed by atoms with E-state index in [1.165, 1.54) is 5.56 Å². The van der Waals surface area contributed by atoms with Crippen molar-refractivity contribution in [3.05, 3.63) is 53.9 Å². The highest BCUT2D eigenvalue weighted by Gasteiger charge is 2.24. The molecule has 0 saturated carbocycles. The largest absolute Gasteiger partial charge is 0.383 e. The minimum atomic E-state index is -0.168. The number of likely N-dealkylation sites (tertiary alicyclic amines) is 1. The van der Waals surface area contributed by atoms with E-state index in [4.69, 9.17) is 4.74 Å². The molecular formula is C17H22FN3O. The first kappa shape index (κ1) is 15.2. The zero-order valence-electron chi connectivity index (χ0n) is 12.9. The topological polar surface area (TPSA) is 30.3 Å². The van der Waals surface area contributed by atoms with Gasteiger partial charge in [0.05, 0.1) is 13.2 Å². The molecule has 1 aromatic heterocycles. The predicted molar refractivity (Wildman–Crippen MR) is 83.1 cm³/mol. The van der Waals surface area contributed by atoms with Crippen LogP contribution in [0.15, 0.2) is 36.7 Å². The van der Waals surface area contributed by atoms with Crippen molar-refractivity contribution >= 4 is 0 Å². The number of imidazole rings is 1. The monoisotopic (exact) mass is 303 g/mol. The van der Waals surface area contributed by atoms with Gasteiger partial charge in [0, 0.05) is 32.6 Å². The van der Waals surface area contributed by atoms with Crippen molar-refractivity contribution < 1.29 is 9.13 Å². The maximum atomic E-state index is 13.0. The molecule has 0 N–H and O–H groups in total. The second-order valence-electron chi connectivity index (χ2n) is 5.80. The van der Waals surface area contributed by atoms with Crippen LogP contribution < -0.4 is 0 Å². The molecule has 0 amide bonds. The zero-order valence-corrected chi connectivity index (χ0v) is 12.9. The van der Waals surface area contributed by atoms with Crippen molar-refractivity contribution in [2.75, 3.05) is 26.8 Å². The molecule has 4 nitrogen and oxygen atoms in total. The normalized spacial score (nSPS) is 18.9. The average Bonchev–Trinajstić information content (AvgIpc) is 3.16. The number of hydrogen-bond donors (Lipinski definition) is 0.